The molecule has 0 N–H and O–H groups in total. The zero-order valence-corrected chi connectivity index (χ0v) is 7.42. The summed E-state index contributed by atoms with van der Waals surface area (Å²) in [5.74, 6) is 0.388. The molecule has 1 aliphatic rings. The van der Waals surface area contributed by atoms with Crippen LogP contribution in [0.25, 0.3) is 0 Å². The molecule has 1 aliphatic heterocycles. The second-order valence-corrected chi connectivity index (χ2v) is 3.24. The van der Waals surface area contributed by atoms with E-state index < -0.39 is 0 Å². The Kier molecular flexibility index (Phi) is 2.32. The molecule has 1 fully saturated rings. The molecule has 0 aromatic carbocycles. The van der Waals surface area contributed by atoms with Crippen molar-refractivity contribution in [2.24, 2.45) is 5.92 Å². The number of halogens is 1. The van der Waals surface area contributed by atoms with Crippen LogP contribution in [0.15, 0.2) is 0 Å². The van der Waals surface area contributed by atoms with Crippen LogP contribution in [0, 0.1) is 5.92 Å². The Balaban J connectivity index is 2.47. The fraction of sp³-hybridized carbons (Fsp3) is 0.833. The fourth-order valence-corrected chi connectivity index (χ4v) is 1.96. The predicted molar refractivity (Wildman–Crippen MR) is 42.5 cm³/mol. The minimum Gasteiger partial charge on any atom is -0.461 e. The average Bonchev–Trinajstić information content (AvgIpc) is 2.10. The minimum atomic E-state index is -0.0378. The number of esters is 1. The molecule has 0 amide bonds. The zero-order chi connectivity index (χ0) is 6.85. The van der Waals surface area contributed by atoms with E-state index in [2.05, 4.69) is 22.6 Å². The number of ether oxygens (including phenoxy) is 1. The standard InChI is InChI=1S/C6H9IO2/c1-4-2-6(8)9-5(4)3-7/h4-5H,2-3H2,1H3/t4-,5+/m1/s1. The Morgan fingerprint density at radius 3 is 2.78 bits per heavy atom. The largest absolute Gasteiger partial charge is 0.461 e. The molecular formula is C6H9IO2. The highest BCUT2D eigenvalue weighted by Crippen LogP contribution is 2.22. The summed E-state index contributed by atoms with van der Waals surface area (Å²) in [5, 5.41) is 0. The van der Waals surface area contributed by atoms with Crippen molar-refractivity contribution in [3.63, 3.8) is 0 Å². The van der Waals surface area contributed by atoms with Gasteiger partial charge in [0.25, 0.3) is 0 Å². The Morgan fingerprint density at radius 1 is 1.89 bits per heavy atom. The molecule has 1 rings (SSSR count). The van der Waals surface area contributed by atoms with Gasteiger partial charge in [-0.05, 0) is 0 Å². The lowest BCUT2D eigenvalue weighted by molar-refractivity contribution is -0.140. The van der Waals surface area contributed by atoms with Gasteiger partial charge in [-0.1, -0.05) is 29.5 Å². The zero-order valence-electron chi connectivity index (χ0n) is 5.26. The number of hydrogen-bond acceptors (Lipinski definition) is 2. The molecule has 2 nitrogen and oxygen atoms in total. The van der Waals surface area contributed by atoms with Crippen molar-refractivity contribution in [1.82, 2.24) is 0 Å². The smallest absolute Gasteiger partial charge is 0.306 e. The third-order valence-electron chi connectivity index (χ3n) is 1.56. The molecule has 0 unspecified atom stereocenters. The van der Waals surface area contributed by atoms with Crippen LogP contribution in [0.2, 0.25) is 0 Å². The summed E-state index contributed by atoms with van der Waals surface area (Å²) < 4.78 is 5.90. The summed E-state index contributed by atoms with van der Waals surface area (Å²) in [6.45, 7) is 2.05. The summed E-state index contributed by atoms with van der Waals surface area (Å²) in [5.41, 5.74) is 0. The molecule has 0 spiro atoms. The first kappa shape index (κ1) is 7.31. The highest BCUT2D eigenvalue weighted by molar-refractivity contribution is 14.1. The van der Waals surface area contributed by atoms with Crippen LogP contribution in [-0.4, -0.2) is 16.5 Å². The highest BCUT2D eigenvalue weighted by Gasteiger charge is 2.29. The molecule has 52 valence electrons. The van der Waals surface area contributed by atoms with Gasteiger partial charge in [-0.3, -0.25) is 4.79 Å². The Hall–Kier alpha value is 0.200. The van der Waals surface area contributed by atoms with E-state index in [0.717, 1.165) is 4.43 Å². The quantitative estimate of drug-likeness (QED) is 0.393. The third-order valence-corrected chi connectivity index (χ3v) is 2.43. The van der Waals surface area contributed by atoms with E-state index in [1.807, 2.05) is 6.92 Å². The molecule has 9 heavy (non-hydrogen) atoms. The van der Waals surface area contributed by atoms with Crippen molar-refractivity contribution in [2.75, 3.05) is 4.43 Å². The van der Waals surface area contributed by atoms with Gasteiger partial charge in [0.1, 0.15) is 6.10 Å². The number of hydrogen-bond donors (Lipinski definition) is 0. The van der Waals surface area contributed by atoms with Crippen LogP contribution < -0.4 is 0 Å². The molecule has 2 atom stereocenters. The second kappa shape index (κ2) is 2.86. The number of cyclic esters (lactones) is 1. The number of carbonyl (C=O) groups is 1. The summed E-state index contributed by atoms with van der Waals surface area (Å²) in [6, 6.07) is 0. The molecule has 0 radical (unpaired) electrons. The maximum absolute atomic E-state index is 10.6. The van der Waals surface area contributed by atoms with Crippen LogP contribution in [0.1, 0.15) is 13.3 Å². The van der Waals surface area contributed by atoms with Gasteiger partial charge in [-0.2, -0.15) is 0 Å². The first-order valence-electron chi connectivity index (χ1n) is 2.99. The van der Waals surface area contributed by atoms with E-state index in [4.69, 9.17) is 4.74 Å². The molecule has 3 heteroatoms. The van der Waals surface area contributed by atoms with Crippen molar-refractivity contribution in [2.45, 2.75) is 19.4 Å². The number of rotatable bonds is 1. The average molecular weight is 240 g/mol. The number of alkyl halides is 1. The monoisotopic (exact) mass is 240 g/mol. The first-order chi connectivity index (χ1) is 4.24. The third kappa shape index (κ3) is 1.56. The lowest BCUT2D eigenvalue weighted by atomic mass is 10.1. The van der Waals surface area contributed by atoms with Crippen LogP contribution in [0.5, 0.6) is 0 Å². The molecular weight excluding hydrogens is 231 g/mol. The van der Waals surface area contributed by atoms with Crippen LogP contribution in [-0.2, 0) is 9.53 Å². The van der Waals surface area contributed by atoms with E-state index in [0.29, 0.717) is 12.3 Å². The lowest BCUT2D eigenvalue weighted by Crippen LogP contribution is -2.14. The lowest BCUT2D eigenvalue weighted by Gasteiger charge is -2.07. The molecule has 0 aromatic rings. The summed E-state index contributed by atoms with van der Waals surface area (Å²) in [7, 11) is 0. The minimum absolute atomic E-state index is 0.0378. The predicted octanol–water partition coefficient (Wildman–Crippen LogP) is 1.37. The van der Waals surface area contributed by atoms with Gasteiger partial charge in [0, 0.05) is 10.3 Å². The van der Waals surface area contributed by atoms with Gasteiger partial charge in [0.15, 0.2) is 0 Å². The van der Waals surface area contributed by atoms with Crippen LogP contribution in [0.3, 0.4) is 0 Å². The van der Waals surface area contributed by atoms with Gasteiger partial charge in [-0.15, -0.1) is 0 Å². The summed E-state index contributed by atoms with van der Waals surface area (Å²) in [6.07, 6.45) is 0.784. The van der Waals surface area contributed by atoms with Crippen LogP contribution in [0.4, 0.5) is 0 Å². The molecule has 1 saturated heterocycles. The van der Waals surface area contributed by atoms with Gasteiger partial charge >= 0.3 is 5.97 Å². The summed E-state index contributed by atoms with van der Waals surface area (Å²) >= 11 is 2.24. The SMILES string of the molecule is C[C@@H]1CC(=O)O[C@H]1CI. The van der Waals surface area contributed by atoms with Gasteiger partial charge in [-0.25, -0.2) is 0 Å². The van der Waals surface area contributed by atoms with Gasteiger partial charge in [0.05, 0.1) is 6.42 Å². The van der Waals surface area contributed by atoms with Gasteiger partial charge < -0.3 is 4.74 Å². The highest BCUT2D eigenvalue weighted by atomic mass is 127. The maximum atomic E-state index is 10.6. The first-order valence-corrected chi connectivity index (χ1v) is 4.52. The normalized spacial score (nSPS) is 34.7. The van der Waals surface area contributed by atoms with Crippen molar-refractivity contribution >= 4 is 28.6 Å². The molecule has 1 heterocycles. The number of carbonyl (C=O) groups excluding carboxylic acids is 1. The Labute approximate surface area is 68.1 Å². The molecule has 0 saturated carbocycles. The van der Waals surface area contributed by atoms with Crippen molar-refractivity contribution in [3.05, 3.63) is 0 Å². The fourth-order valence-electron chi connectivity index (χ4n) is 0.911. The van der Waals surface area contributed by atoms with Crippen molar-refractivity contribution in [1.29, 1.82) is 0 Å². The van der Waals surface area contributed by atoms with E-state index in [1.54, 1.807) is 0 Å². The van der Waals surface area contributed by atoms with E-state index in [-0.39, 0.29) is 12.1 Å². The molecule has 0 aromatic heterocycles. The molecule has 0 bridgehead atoms. The van der Waals surface area contributed by atoms with Crippen molar-refractivity contribution < 1.29 is 9.53 Å². The van der Waals surface area contributed by atoms with Crippen LogP contribution >= 0.6 is 22.6 Å². The van der Waals surface area contributed by atoms with Gasteiger partial charge in [0.2, 0.25) is 0 Å². The maximum Gasteiger partial charge on any atom is 0.306 e. The Bertz CT molecular complexity index is 124. The van der Waals surface area contributed by atoms with E-state index in [1.165, 1.54) is 0 Å². The summed E-state index contributed by atoms with van der Waals surface area (Å²) in [4.78, 5) is 10.6. The second-order valence-electron chi connectivity index (χ2n) is 2.36. The van der Waals surface area contributed by atoms with E-state index in [9.17, 15) is 4.79 Å². The van der Waals surface area contributed by atoms with E-state index >= 15 is 0 Å². The van der Waals surface area contributed by atoms with Crippen molar-refractivity contribution in [3.8, 4) is 0 Å². The topological polar surface area (TPSA) is 26.3 Å². The Morgan fingerprint density at radius 2 is 2.56 bits per heavy atom. The molecule has 0 aliphatic carbocycles.